The van der Waals surface area contributed by atoms with Crippen LogP contribution in [0.2, 0.25) is 5.02 Å². The van der Waals surface area contributed by atoms with Gasteiger partial charge in [-0.1, -0.05) is 47.7 Å². The van der Waals surface area contributed by atoms with Crippen molar-refractivity contribution < 1.29 is 4.74 Å². The van der Waals surface area contributed by atoms with Crippen LogP contribution in [0.5, 0.6) is 11.5 Å². The summed E-state index contributed by atoms with van der Waals surface area (Å²) < 4.78 is 5.87. The molecule has 6 heteroatoms. The minimum absolute atomic E-state index is 0.504. The van der Waals surface area contributed by atoms with E-state index in [1.54, 1.807) is 6.33 Å². The molecule has 1 aliphatic rings. The highest BCUT2D eigenvalue weighted by molar-refractivity contribution is 6.32. The molecule has 0 saturated carbocycles. The van der Waals surface area contributed by atoms with Gasteiger partial charge >= 0.3 is 0 Å². The van der Waals surface area contributed by atoms with Gasteiger partial charge in [0.2, 0.25) is 0 Å². The quantitative estimate of drug-likeness (QED) is 0.367. The van der Waals surface area contributed by atoms with Crippen LogP contribution >= 0.6 is 11.6 Å². The molecule has 1 aromatic heterocycles. The fraction of sp³-hybridized carbons (Fsp3) is 0.111. The molecule has 5 nitrogen and oxygen atoms in total. The SMILES string of the molecule is Clc1cc(Nc2ncnc3ccc(C#CC4=CCNCC4)cc23)ccc1Oc1ccccc1. The van der Waals surface area contributed by atoms with Crippen molar-refractivity contribution in [2.75, 3.05) is 18.4 Å². The average Bonchev–Trinajstić information content (AvgIpc) is 2.86. The lowest BCUT2D eigenvalue weighted by Crippen LogP contribution is -2.19. The van der Waals surface area contributed by atoms with Crippen LogP contribution in [-0.4, -0.2) is 23.1 Å². The van der Waals surface area contributed by atoms with E-state index in [1.165, 1.54) is 5.57 Å². The largest absolute Gasteiger partial charge is 0.456 e. The lowest BCUT2D eigenvalue weighted by Gasteiger charge is -2.12. The summed E-state index contributed by atoms with van der Waals surface area (Å²) in [5.74, 6) is 8.57. The number of hydrogen-bond acceptors (Lipinski definition) is 5. The van der Waals surface area contributed by atoms with Gasteiger partial charge in [0.25, 0.3) is 0 Å². The highest BCUT2D eigenvalue weighted by Crippen LogP contribution is 2.33. The molecule has 0 fully saturated rings. The Morgan fingerprint density at radius 2 is 1.88 bits per heavy atom. The van der Waals surface area contributed by atoms with E-state index in [-0.39, 0.29) is 0 Å². The summed E-state index contributed by atoms with van der Waals surface area (Å²) >= 11 is 6.48. The minimum atomic E-state index is 0.504. The van der Waals surface area contributed by atoms with Gasteiger partial charge in [-0.3, -0.25) is 0 Å². The van der Waals surface area contributed by atoms with Crippen molar-refractivity contribution >= 4 is 34.0 Å². The van der Waals surface area contributed by atoms with E-state index in [0.29, 0.717) is 16.6 Å². The van der Waals surface area contributed by atoms with Crippen molar-refractivity contribution in [2.24, 2.45) is 0 Å². The van der Waals surface area contributed by atoms with E-state index in [9.17, 15) is 0 Å². The fourth-order valence-corrected chi connectivity index (χ4v) is 3.76. The molecule has 0 atom stereocenters. The molecule has 5 rings (SSSR count). The second-order valence-electron chi connectivity index (χ2n) is 7.57. The molecular formula is C27H21ClN4O. The molecule has 0 aliphatic carbocycles. The Balaban J connectivity index is 1.40. The monoisotopic (exact) mass is 452 g/mol. The number of aromatic nitrogens is 2. The molecule has 0 amide bonds. The molecule has 1 aliphatic heterocycles. The van der Waals surface area contributed by atoms with Gasteiger partial charge in [0.05, 0.1) is 10.5 Å². The molecule has 0 spiro atoms. The average molecular weight is 453 g/mol. The van der Waals surface area contributed by atoms with Gasteiger partial charge in [0.1, 0.15) is 23.6 Å². The number of nitrogens with one attached hydrogen (secondary N) is 2. The van der Waals surface area contributed by atoms with E-state index < -0.39 is 0 Å². The van der Waals surface area contributed by atoms with Crippen LogP contribution in [0.3, 0.4) is 0 Å². The molecular weight excluding hydrogens is 432 g/mol. The maximum absolute atomic E-state index is 6.48. The third kappa shape index (κ3) is 5.15. The summed E-state index contributed by atoms with van der Waals surface area (Å²) in [7, 11) is 0. The molecule has 0 radical (unpaired) electrons. The van der Waals surface area contributed by atoms with Crippen LogP contribution in [0.1, 0.15) is 12.0 Å². The molecule has 0 unspecified atom stereocenters. The van der Waals surface area contributed by atoms with Gasteiger partial charge < -0.3 is 15.4 Å². The smallest absolute Gasteiger partial charge is 0.146 e. The first-order valence-corrected chi connectivity index (χ1v) is 11.1. The Morgan fingerprint density at radius 1 is 0.970 bits per heavy atom. The Bertz CT molecular complexity index is 1390. The van der Waals surface area contributed by atoms with Crippen molar-refractivity contribution in [1.82, 2.24) is 15.3 Å². The standard InChI is InChI=1S/C27H21ClN4O/c28-24-17-21(9-11-26(24)33-22-4-2-1-3-5-22)32-27-23-16-20(8-10-25(23)30-18-31-27)7-6-19-12-14-29-15-13-19/h1-5,8-12,16-18,29H,13-15H2,(H,30,31,32). The first-order chi connectivity index (χ1) is 16.2. The zero-order valence-electron chi connectivity index (χ0n) is 17.8. The van der Waals surface area contributed by atoms with Crippen molar-refractivity contribution in [1.29, 1.82) is 0 Å². The molecule has 0 saturated heterocycles. The van der Waals surface area contributed by atoms with Gasteiger partial charge in [-0.05, 0) is 55.0 Å². The summed E-state index contributed by atoms with van der Waals surface area (Å²) in [6, 6.07) is 21.1. The van der Waals surface area contributed by atoms with Crippen molar-refractivity contribution in [2.45, 2.75) is 6.42 Å². The number of hydrogen-bond donors (Lipinski definition) is 2. The van der Waals surface area contributed by atoms with E-state index >= 15 is 0 Å². The molecule has 3 aromatic carbocycles. The van der Waals surface area contributed by atoms with E-state index in [2.05, 4.69) is 38.5 Å². The van der Waals surface area contributed by atoms with Crippen LogP contribution in [0.15, 0.2) is 84.7 Å². The summed E-state index contributed by atoms with van der Waals surface area (Å²) in [6.07, 6.45) is 4.65. The molecule has 162 valence electrons. The third-order valence-corrected chi connectivity index (χ3v) is 5.53. The van der Waals surface area contributed by atoms with Gasteiger partial charge in [-0.15, -0.1) is 0 Å². The predicted octanol–water partition coefficient (Wildman–Crippen LogP) is 6.09. The lowest BCUT2D eigenvalue weighted by atomic mass is 10.1. The summed E-state index contributed by atoms with van der Waals surface area (Å²) in [6.45, 7) is 1.85. The maximum atomic E-state index is 6.48. The van der Waals surface area contributed by atoms with Crippen LogP contribution in [0.4, 0.5) is 11.5 Å². The van der Waals surface area contributed by atoms with Gasteiger partial charge in [-0.2, -0.15) is 0 Å². The first kappa shape index (κ1) is 21.0. The van der Waals surface area contributed by atoms with Crippen LogP contribution in [0.25, 0.3) is 10.9 Å². The summed E-state index contributed by atoms with van der Waals surface area (Å²) in [5, 5.41) is 8.05. The van der Waals surface area contributed by atoms with Crippen LogP contribution < -0.4 is 15.4 Å². The first-order valence-electron chi connectivity index (χ1n) is 10.7. The third-order valence-electron chi connectivity index (χ3n) is 5.23. The Hall–Kier alpha value is -3.85. The number of fused-ring (bicyclic) bond motifs is 1. The Morgan fingerprint density at radius 3 is 2.70 bits per heavy atom. The maximum Gasteiger partial charge on any atom is 0.146 e. The Kier molecular flexibility index (Phi) is 6.21. The van der Waals surface area contributed by atoms with E-state index in [0.717, 1.165) is 47.4 Å². The fourth-order valence-electron chi connectivity index (χ4n) is 3.54. The van der Waals surface area contributed by atoms with Gasteiger partial charge in [0.15, 0.2) is 0 Å². The number of halogens is 1. The van der Waals surface area contributed by atoms with Crippen molar-refractivity contribution in [3.8, 4) is 23.3 Å². The Labute approximate surface area is 197 Å². The number of para-hydroxylation sites is 1. The van der Waals surface area contributed by atoms with Gasteiger partial charge in [-0.25, -0.2) is 9.97 Å². The van der Waals surface area contributed by atoms with Crippen LogP contribution in [-0.2, 0) is 0 Å². The number of rotatable bonds is 4. The molecule has 0 bridgehead atoms. The number of anilines is 2. The lowest BCUT2D eigenvalue weighted by molar-refractivity contribution is 0.483. The second-order valence-corrected chi connectivity index (χ2v) is 7.98. The minimum Gasteiger partial charge on any atom is -0.456 e. The molecule has 4 aromatic rings. The van der Waals surface area contributed by atoms with Gasteiger partial charge in [0, 0.05) is 35.3 Å². The van der Waals surface area contributed by atoms with Crippen molar-refractivity contribution in [3.05, 3.63) is 95.3 Å². The number of benzene rings is 3. The van der Waals surface area contributed by atoms with E-state index in [4.69, 9.17) is 16.3 Å². The highest BCUT2D eigenvalue weighted by atomic mass is 35.5. The zero-order valence-corrected chi connectivity index (χ0v) is 18.6. The molecule has 33 heavy (non-hydrogen) atoms. The topological polar surface area (TPSA) is 59.1 Å². The summed E-state index contributed by atoms with van der Waals surface area (Å²) in [5.41, 5.74) is 3.74. The molecule has 2 heterocycles. The van der Waals surface area contributed by atoms with E-state index in [1.807, 2.05) is 66.7 Å². The molecule has 2 N–H and O–H groups in total. The number of nitrogens with zero attached hydrogens (tertiary/aromatic N) is 2. The van der Waals surface area contributed by atoms with Crippen LogP contribution in [0, 0.1) is 11.8 Å². The van der Waals surface area contributed by atoms with Crippen molar-refractivity contribution in [3.63, 3.8) is 0 Å². The second kappa shape index (κ2) is 9.74. The predicted molar refractivity (Wildman–Crippen MR) is 133 cm³/mol. The normalized spacial score (nSPS) is 13.1. The zero-order chi connectivity index (χ0) is 22.5. The highest BCUT2D eigenvalue weighted by Gasteiger charge is 2.09. The number of ether oxygens (including phenoxy) is 1. The summed E-state index contributed by atoms with van der Waals surface area (Å²) in [4.78, 5) is 8.84.